The second-order valence-electron chi connectivity index (χ2n) is 7.50. The zero-order valence-electron chi connectivity index (χ0n) is 14.3. The molecule has 2 saturated heterocycles. The molecule has 0 bridgehead atoms. The standard InChI is InChI=1S/C19H28N4O/c20-16-12-18(21-13-16)19(24)23-7-3-6-22(8-9-23)17-10-14-4-1-2-5-15(14)11-17/h1-2,4-5,16-18,21H,3,6-13,20H2/t16-,18+/m1/s1. The van der Waals surface area contributed by atoms with E-state index in [4.69, 9.17) is 5.73 Å². The first-order valence-corrected chi connectivity index (χ1v) is 9.29. The summed E-state index contributed by atoms with van der Waals surface area (Å²) in [5.74, 6) is 0.250. The molecule has 2 heterocycles. The van der Waals surface area contributed by atoms with E-state index in [0.717, 1.165) is 58.4 Å². The van der Waals surface area contributed by atoms with E-state index in [2.05, 4.69) is 39.4 Å². The molecule has 5 nitrogen and oxygen atoms in total. The van der Waals surface area contributed by atoms with Crippen molar-refractivity contribution in [2.45, 2.75) is 43.8 Å². The molecule has 3 aliphatic rings. The van der Waals surface area contributed by atoms with Gasteiger partial charge in [-0.25, -0.2) is 0 Å². The summed E-state index contributed by atoms with van der Waals surface area (Å²) in [5, 5.41) is 3.27. The molecule has 2 atom stereocenters. The van der Waals surface area contributed by atoms with Crippen molar-refractivity contribution in [3.8, 4) is 0 Å². The van der Waals surface area contributed by atoms with Gasteiger partial charge in [-0.05, 0) is 36.8 Å². The van der Waals surface area contributed by atoms with Gasteiger partial charge in [0.2, 0.25) is 5.91 Å². The Morgan fingerprint density at radius 1 is 1.08 bits per heavy atom. The van der Waals surface area contributed by atoms with Gasteiger partial charge in [0.05, 0.1) is 6.04 Å². The molecule has 5 heteroatoms. The molecule has 0 spiro atoms. The highest BCUT2D eigenvalue weighted by Gasteiger charge is 2.33. The minimum atomic E-state index is -0.0673. The van der Waals surface area contributed by atoms with Gasteiger partial charge in [0, 0.05) is 44.8 Å². The van der Waals surface area contributed by atoms with Crippen molar-refractivity contribution < 1.29 is 4.79 Å². The van der Waals surface area contributed by atoms with Crippen LogP contribution < -0.4 is 11.1 Å². The van der Waals surface area contributed by atoms with Crippen LogP contribution in [-0.2, 0) is 17.6 Å². The van der Waals surface area contributed by atoms with Crippen LogP contribution in [0.1, 0.15) is 24.0 Å². The topological polar surface area (TPSA) is 61.6 Å². The van der Waals surface area contributed by atoms with Crippen LogP contribution in [0.2, 0.25) is 0 Å². The second-order valence-corrected chi connectivity index (χ2v) is 7.50. The predicted octanol–water partition coefficient (Wildman–Crippen LogP) is 0.377. The van der Waals surface area contributed by atoms with Gasteiger partial charge in [-0.15, -0.1) is 0 Å². The Morgan fingerprint density at radius 3 is 2.50 bits per heavy atom. The molecule has 0 saturated carbocycles. The van der Waals surface area contributed by atoms with E-state index in [1.54, 1.807) is 0 Å². The van der Waals surface area contributed by atoms with Crippen molar-refractivity contribution in [1.82, 2.24) is 15.1 Å². The normalized spacial score (nSPS) is 28.8. The van der Waals surface area contributed by atoms with Gasteiger partial charge in [0.15, 0.2) is 0 Å². The molecule has 0 radical (unpaired) electrons. The number of amides is 1. The van der Waals surface area contributed by atoms with Gasteiger partial charge in [-0.3, -0.25) is 9.69 Å². The third-order valence-corrected chi connectivity index (χ3v) is 5.85. The molecular weight excluding hydrogens is 300 g/mol. The lowest BCUT2D eigenvalue weighted by atomic mass is 10.1. The molecule has 3 N–H and O–H groups in total. The number of benzene rings is 1. The Labute approximate surface area is 144 Å². The van der Waals surface area contributed by atoms with E-state index >= 15 is 0 Å². The summed E-state index contributed by atoms with van der Waals surface area (Å²) in [5.41, 5.74) is 8.94. The van der Waals surface area contributed by atoms with E-state index in [1.807, 2.05) is 0 Å². The fraction of sp³-hybridized carbons (Fsp3) is 0.632. The third-order valence-electron chi connectivity index (χ3n) is 5.85. The first-order valence-electron chi connectivity index (χ1n) is 9.29. The first-order chi connectivity index (χ1) is 11.7. The summed E-state index contributed by atoms with van der Waals surface area (Å²) in [4.78, 5) is 17.3. The number of hydrogen-bond donors (Lipinski definition) is 2. The fourth-order valence-electron chi connectivity index (χ4n) is 4.49. The minimum Gasteiger partial charge on any atom is -0.340 e. The highest BCUT2D eigenvalue weighted by Crippen LogP contribution is 2.26. The maximum Gasteiger partial charge on any atom is 0.239 e. The van der Waals surface area contributed by atoms with E-state index in [1.165, 1.54) is 11.1 Å². The van der Waals surface area contributed by atoms with Crippen LogP contribution in [-0.4, -0.2) is 66.6 Å². The number of nitrogens with two attached hydrogens (primary N) is 1. The quantitative estimate of drug-likeness (QED) is 0.824. The van der Waals surface area contributed by atoms with Gasteiger partial charge in [-0.1, -0.05) is 24.3 Å². The molecule has 1 aliphatic carbocycles. The van der Waals surface area contributed by atoms with Crippen LogP contribution in [0, 0.1) is 0 Å². The van der Waals surface area contributed by atoms with Gasteiger partial charge in [-0.2, -0.15) is 0 Å². The van der Waals surface area contributed by atoms with Crippen LogP contribution in [0.5, 0.6) is 0 Å². The maximum atomic E-state index is 12.7. The van der Waals surface area contributed by atoms with Crippen molar-refractivity contribution in [1.29, 1.82) is 0 Å². The van der Waals surface area contributed by atoms with Crippen molar-refractivity contribution in [3.05, 3.63) is 35.4 Å². The SMILES string of the molecule is N[C@H]1CN[C@H](C(=O)N2CCCN(C3Cc4ccccc4C3)CC2)C1. The molecule has 0 aromatic heterocycles. The smallest absolute Gasteiger partial charge is 0.239 e. The molecular formula is C19H28N4O. The van der Waals surface area contributed by atoms with Gasteiger partial charge < -0.3 is 16.0 Å². The van der Waals surface area contributed by atoms with Crippen LogP contribution in [0.4, 0.5) is 0 Å². The molecule has 2 aliphatic heterocycles. The highest BCUT2D eigenvalue weighted by atomic mass is 16.2. The summed E-state index contributed by atoms with van der Waals surface area (Å²) in [6, 6.07) is 9.47. The number of carbonyl (C=O) groups excluding carboxylic acids is 1. The monoisotopic (exact) mass is 328 g/mol. The van der Waals surface area contributed by atoms with Crippen molar-refractivity contribution in [2.24, 2.45) is 5.73 Å². The zero-order chi connectivity index (χ0) is 16.5. The Kier molecular flexibility index (Phi) is 4.57. The lowest BCUT2D eigenvalue weighted by Gasteiger charge is -2.28. The average Bonchev–Trinajstić information content (AvgIpc) is 3.13. The largest absolute Gasteiger partial charge is 0.340 e. The van der Waals surface area contributed by atoms with Gasteiger partial charge >= 0.3 is 0 Å². The summed E-state index contributed by atoms with van der Waals surface area (Å²) in [6.45, 7) is 4.57. The molecule has 4 rings (SSSR count). The average molecular weight is 328 g/mol. The number of nitrogens with one attached hydrogen (secondary N) is 1. The summed E-state index contributed by atoms with van der Waals surface area (Å²) in [6.07, 6.45) is 4.15. The number of fused-ring (bicyclic) bond motifs is 1. The molecule has 0 unspecified atom stereocenters. The Morgan fingerprint density at radius 2 is 1.83 bits per heavy atom. The van der Waals surface area contributed by atoms with Gasteiger partial charge in [0.25, 0.3) is 0 Å². The zero-order valence-corrected chi connectivity index (χ0v) is 14.3. The molecule has 1 amide bonds. The maximum absolute atomic E-state index is 12.7. The van der Waals surface area contributed by atoms with Crippen LogP contribution in [0.3, 0.4) is 0 Å². The highest BCUT2D eigenvalue weighted by molar-refractivity contribution is 5.82. The van der Waals surface area contributed by atoms with E-state index in [9.17, 15) is 4.79 Å². The fourth-order valence-corrected chi connectivity index (χ4v) is 4.49. The van der Waals surface area contributed by atoms with Crippen molar-refractivity contribution >= 4 is 5.91 Å². The molecule has 1 aromatic rings. The van der Waals surface area contributed by atoms with Crippen LogP contribution >= 0.6 is 0 Å². The predicted molar refractivity (Wildman–Crippen MR) is 94.8 cm³/mol. The van der Waals surface area contributed by atoms with E-state index in [-0.39, 0.29) is 18.0 Å². The number of carbonyl (C=O) groups is 1. The summed E-state index contributed by atoms with van der Waals surface area (Å²) >= 11 is 0. The number of rotatable bonds is 2. The molecule has 130 valence electrons. The number of hydrogen-bond acceptors (Lipinski definition) is 4. The lowest BCUT2D eigenvalue weighted by molar-refractivity contribution is -0.133. The molecule has 24 heavy (non-hydrogen) atoms. The Bertz CT molecular complexity index is 580. The summed E-state index contributed by atoms with van der Waals surface area (Å²) < 4.78 is 0. The second kappa shape index (κ2) is 6.82. The van der Waals surface area contributed by atoms with Crippen LogP contribution in [0.15, 0.2) is 24.3 Å². The van der Waals surface area contributed by atoms with Crippen molar-refractivity contribution in [3.63, 3.8) is 0 Å². The molecule has 1 aromatic carbocycles. The first kappa shape index (κ1) is 16.1. The van der Waals surface area contributed by atoms with Gasteiger partial charge in [0.1, 0.15) is 0 Å². The van der Waals surface area contributed by atoms with Crippen molar-refractivity contribution in [2.75, 3.05) is 32.7 Å². The third kappa shape index (κ3) is 3.21. The van der Waals surface area contributed by atoms with E-state index < -0.39 is 0 Å². The van der Waals surface area contributed by atoms with Crippen LogP contribution in [0.25, 0.3) is 0 Å². The molecule has 2 fully saturated rings. The Hall–Kier alpha value is -1.43. The lowest BCUT2D eigenvalue weighted by Crippen LogP contribution is -2.45. The Balaban J connectivity index is 1.34. The number of nitrogens with zero attached hydrogens (tertiary/aromatic N) is 2. The minimum absolute atomic E-state index is 0.0673. The van der Waals surface area contributed by atoms with E-state index in [0.29, 0.717) is 6.04 Å². The summed E-state index contributed by atoms with van der Waals surface area (Å²) in [7, 11) is 0.